The number of rotatable bonds is 51. The van der Waals surface area contributed by atoms with E-state index in [-0.39, 0.29) is 18.5 Å². The maximum atomic E-state index is 12.8. The van der Waals surface area contributed by atoms with E-state index in [1.54, 1.807) is 0 Å². The number of ether oxygens (including phenoxy) is 3. The highest BCUT2D eigenvalue weighted by molar-refractivity contribution is 5.70. The Morgan fingerprint density at radius 3 is 1.02 bits per heavy atom. The minimum atomic E-state index is -0.526. The van der Waals surface area contributed by atoms with Crippen molar-refractivity contribution in [3.63, 3.8) is 0 Å². The zero-order valence-electron chi connectivity index (χ0n) is 41.0. The van der Waals surface area contributed by atoms with Crippen molar-refractivity contribution in [2.75, 3.05) is 19.8 Å². The van der Waals surface area contributed by atoms with Crippen LogP contribution >= 0.6 is 0 Å². The van der Waals surface area contributed by atoms with E-state index < -0.39 is 6.10 Å². The van der Waals surface area contributed by atoms with Crippen molar-refractivity contribution in [2.45, 2.75) is 309 Å². The zero-order valence-corrected chi connectivity index (χ0v) is 41.0. The lowest BCUT2D eigenvalue weighted by Gasteiger charge is -2.18. The largest absolute Gasteiger partial charge is 0.462 e. The number of hydrogen-bond acceptors (Lipinski definition) is 5. The first kappa shape index (κ1) is 58.6. The smallest absolute Gasteiger partial charge is 0.306 e. The van der Waals surface area contributed by atoms with Crippen LogP contribution in [0.5, 0.6) is 0 Å². The van der Waals surface area contributed by atoms with Crippen molar-refractivity contribution in [2.24, 2.45) is 0 Å². The average Bonchev–Trinajstić information content (AvgIpc) is 3.25. The first-order valence-corrected chi connectivity index (χ1v) is 27.2. The third-order valence-corrected chi connectivity index (χ3v) is 12.3. The van der Waals surface area contributed by atoms with Gasteiger partial charge in [0.15, 0.2) is 6.10 Å². The molecule has 0 rings (SSSR count). The number of unbranched alkanes of at least 4 members (excludes halogenated alkanes) is 38. The van der Waals surface area contributed by atoms with Gasteiger partial charge < -0.3 is 14.2 Å². The molecule has 1 unspecified atom stereocenters. The fourth-order valence-corrected chi connectivity index (χ4v) is 8.21. The molecule has 0 saturated heterocycles. The van der Waals surface area contributed by atoms with Gasteiger partial charge in [-0.15, -0.1) is 0 Å². The Morgan fingerprint density at radius 1 is 0.350 bits per heavy atom. The van der Waals surface area contributed by atoms with Crippen molar-refractivity contribution in [3.05, 3.63) is 12.2 Å². The van der Waals surface area contributed by atoms with E-state index in [4.69, 9.17) is 14.2 Å². The van der Waals surface area contributed by atoms with Crippen LogP contribution in [0.4, 0.5) is 0 Å². The zero-order chi connectivity index (χ0) is 43.5. The molecule has 5 heteroatoms. The summed E-state index contributed by atoms with van der Waals surface area (Å²) >= 11 is 0. The number of carbonyl (C=O) groups is 2. The molecule has 0 aliphatic rings. The van der Waals surface area contributed by atoms with Gasteiger partial charge in [-0.25, -0.2) is 0 Å². The minimum Gasteiger partial charge on any atom is -0.462 e. The molecule has 0 amide bonds. The molecule has 0 aliphatic carbocycles. The Hall–Kier alpha value is -1.36. The lowest BCUT2D eigenvalue weighted by Crippen LogP contribution is -2.30. The van der Waals surface area contributed by atoms with Crippen LogP contribution in [0.15, 0.2) is 12.2 Å². The van der Waals surface area contributed by atoms with Gasteiger partial charge in [0.05, 0.1) is 6.61 Å². The first-order valence-electron chi connectivity index (χ1n) is 27.2. The third kappa shape index (κ3) is 49.3. The van der Waals surface area contributed by atoms with E-state index in [0.29, 0.717) is 26.1 Å². The molecule has 60 heavy (non-hydrogen) atoms. The van der Waals surface area contributed by atoms with E-state index in [1.807, 2.05) is 0 Å². The number of hydrogen-bond donors (Lipinski definition) is 0. The molecule has 0 spiro atoms. The lowest BCUT2D eigenvalue weighted by molar-refractivity contribution is -0.163. The third-order valence-electron chi connectivity index (χ3n) is 12.3. The maximum Gasteiger partial charge on any atom is 0.306 e. The molecule has 0 aromatic rings. The molecule has 0 radical (unpaired) electrons. The van der Waals surface area contributed by atoms with Crippen LogP contribution in [-0.4, -0.2) is 37.9 Å². The lowest BCUT2D eigenvalue weighted by atomic mass is 10.0. The molecule has 0 bridgehead atoms. The molecule has 0 fully saturated rings. The van der Waals surface area contributed by atoms with Crippen LogP contribution in [0.3, 0.4) is 0 Å². The number of esters is 2. The predicted molar refractivity (Wildman–Crippen MR) is 261 cm³/mol. The van der Waals surface area contributed by atoms with Crippen molar-refractivity contribution in [1.29, 1.82) is 0 Å². The second-order valence-corrected chi connectivity index (χ2v) is 18.5. The van der Waals surface area contributed by atoms with Crippen LogP contribution in [0, 0.1) is 0 Å². The number of allylic oxidation sites excluding steroid dienone is 2. The van der Waals surface area contributed by atoms with Crippen molar-refractivity contribution < 1.29 is 23.8 Å². The fraction of sp³-hybridized carbons (Fsp3) is 0.927. The fourth-order valence-electron chi connectivity index (χ4n) is 8.21. The highest BCUT2D eigenvalue weighted by Crippen LogP contribution is 2.16. The van der Waals surface area contributed by atoms with Crippen LogP contribution in [0.25, 0.3) is 0 Å². The molecule has 0 aromatic heterocycles. The summed E-state index contributed by atoms with van der Waals surface area (Å²) in [5, 5.41) is 0. The van der Waals surface area contributed by atoms with E-state index in [1.165, 1.54) is 238 Å². The molecule has 0 heterocycles. The van der Waals surface area contributed by atoms with Crippen LogP contribution in [0.2, 0.25) is 0 Å². The normalized spacial score (nSPS) is 12.1. The van der Waals surface area contributed by atoms with Gasteiger partial charge >= 0.3 is 11.9 Å². The van der Waals surface area contributed by atoms with Crippen molar-refractivity contribution in [3.8, 4) is 0 Å². The summed E-state index contributed by atoms with van der Waals surface area (Å²) < 4.78 is 17.4. The molecule has 0 N–H and O–H groups in total. The van der Waals surface area contributed by atoms with Gasteiger partial charge in [0.25, 0.3) is 0 Å². The van der Waals surface area contributed by atoms with Gasteiger partial charge in [-0.3, -0.25) is 9.59 Å². The van der Waals surface area contributed by atoms with Crippen LogP contribution < -0.4 is 0 Å². The van der Waals surface area contributed by atoms with Gasteiger partial charge in [-0.2, -0.15) is 0 Å². The second-order valence-electron chi connectivity index (χ2n) is 18.5. The highest BCUT2D eigenvalue weighted by Gasteiger charge is 2.17. The summed E-state index contributed by atoms with van der Waals surface area (Å²) in [5.41, 5.74) is 0. The molecule has 1 atom stereocenters. The Kier molecular flexibility index (Phi) is 50.8. The highest BCUT2D eigenvalue weighted by atomic mass is 16.6. The van der Waals surface area contributed by atoms with Gasteiger partial charge in [0.2, 0.25) is 0 Å². The Labute approximate surface area is 375 Å². The SMILES string of the molecule is CCCCCCCC/C=C\CCCCCCCCCCCC(=O)OCC(COCCCCCCCCCCCCCC)OC(=O)CCCCCCCCCCCCCCC. The molecule has 0 aromatic carbocycles. The summed E-state index contributed by atoms with van der Waals surface area (Å²) in [4.78, 5) is 25.4. The predicted octanol–water partition coefficient (Wildman–Crippen LogP) is 18.2. The first-order chi connectivity index (χ1) is 29.6. The summed E-state index contributed by atoms with van der Waals surface area (Å²) in [6.07, 6.45) is 59.3. The average molecular weight is 847 g/mol. The molecular formula is C55H106O5. The Bertz CT molecular complexity index is 871. The summed E-state index contributed by atoms with van der Waals surface area (Å²) in [6, 6.07) is 0. The van der Waals surface area contributed by atoms with Gasteiger partial charge in [-0.05, 0) is 44.9 Å². The maximum absolute atomic E-state index is 12.8. The van der Waals surface area contributed by atoms with Gasteiger partial charge in [0, 0.05) is 19.4 Å². The van der Waals surface area contributed by atoms with Crippen LogP contribution in [-0.2, 0) is 23.8 Å². The quantitative estimate of drug-likeness (QED) is 0.0347. The minimum absolute atomic E-state index is 0.0938. The Balaban J connectivity index is 4.16. The molecule has 0 aliphatic heterocycles. The van der Waals surface area contributed by atoms with E-state index in [0.717, 1.165) is 32.1 Å². The second kappa shape index (κ2) is 52.0. The van der Waals surface area contributed by atoms with E-state index in [9.17, 15) is 9.59 Å². The Morgan fingerprint density at radius 2 is 0.650 bits per heavy atom. The van der Waals surface area contributed by atoms with E-state index >= 15 is 0 Å². The molecule has 5 nitrogen and oxygen atoms in total. The van der Waals surface area contributed by atoms with Gasteiger partial charge in [0.1, 0.15) is 6.61 Å². The molecule has 0 saturated carbocycles. The van der Waals surface area contributed by atoms with E-state index in [2.05, 4.69) is 32.9 Å². The number of carbonyl (C=O) groups excluding carboxylic acids is 2. The summed E-state index contributed by atoms with van der Waals surface area (Å²) in [6.45, 7) is 7.89. The monoisotopic (exact) mass is 847 g/mol. The molecular weight excluding hydrogens is 741 g/mol. The standard InChI is InChI=1S/C55H106O5/c1-4-7-10-13-16-19-22-25-26-27-28-29-30-32-33-36-39-42-45-48-54(56)59-52-53(51-58-50-47-44-41-38-35-24-21-18-15-12-9-6-3)60-55(57)49-46-43-40-37-34-31-23-20-17-14-11-8-5-2/h25-26,53H,4-24,27-52H2,1-3H3/b26-25-. The van der Waals surface area contributed by atoms with Crippen LogP contribution in [0.1, 0.15) is 303 Å². The topological polar surface area (TPSA) is 61.8 Å². The van der Waals surface area contributed by atoms with Gasteiger partial charge in [-0.1, -0.05) is 258 Å². The summed E-state index contributed by atoms with van der Waals surface area (Å²) in [7, 11) is 0. The van der Waals surface area contributed by atoms with Crippen molar-refractivity contribution >= 4 is 11.9 Å². The summed E-state index contributed by atoms with van der Waals surface area (Å²) in [5.74, 6) is -0.377. The van der Waals surface area contributed by atoms with Crippen molar-refractivity contribution in [1.82, 2.24) is 0 Å². The molecule has 356 valence electrons.